The Labute approximate surface area is 183 Å². The predicted octanol–water partition coefficient (Wildman–Crippen LogP) is 7.84. The molecule has 3 aliphatic rings. The minimum atomic E-state index is -4.50. The monoisotopic (exact) mass is 444 g/mol. The molecule has 0 spiro atoms. The van der Waals surface area contributed by atoms with Crippen LogP contribution in [-0.4, -0.2) is 17.8 Å². The zero-order valence-corrected chi connectivity index (χ0v) is 18.8. The molecule has 0 amide bonds. The van der Waals surface area contributed by atoms with Gasteiger partial charge < -0.3 is 4.74 Å². The van der Waals surface area contributed by atoms with Gasteiger partial charge in [-0.2, -0.15) is 17.6 Å². The van der Waals surface area contributed by atoms with Crippen molar-refractivity contribution < 1.29 is 27.1 Å². The molecule has 0 heterocycles. The largest absolute Gasteiger partial charge is 0.424 e. The fraction of sp³-hybridized carbons (Fsp3) is 0.800. The smallest absolute Gasteiger partial charge is 0.370 e. The van der Waals surface area contributed by atoms with Crippen molar-refractivity contribution in [3.05, 3.63) is 23.5 Å². The van der Waals surface area contributed by atoms with Crippen LogP contribution in [0.2, 0.25) is 0 Å². The third-order valence-electron chi connectivity index (χ3n) is 7.63. The van der Waals surface area contributed by atoms with E-state index in [-0.39, 0.29) is 6.42 Å². The molecule has 31 heavy (non-hydrogen) atoms. The van der Waals surface area contributed by atoms with Crippen LogP contribution in [0.5, 0.6) is 0 Å². The molecule has 0 radical (unpaired) electrons. The van der Waals surface area contributed by atoms with Crippen LogP contribution in [0.15, 0.2) is 23.5 Å². The summed E-state index contributed by atoms with van der Waals surface area (Å²) in [6.45, 7) is 3.88. The van der Waals surface area contributed by atoms with Crippen molar-refractivity contribution in [2.24, 2.45) is 23.7 Å². The first kappa shape index (κ1) is 24.3. The molecule has 0 aromatic rings. The van der Waals surface area contributed by atoms with Gasteiger partial charge in [-0.15, -0.1) is 0 Å². The van der Waals surface area contributed by atoms with Crippen molar-refractivity contribution in [1.29, 1.82) is 0 Å². The first-order valence-corrected chi connectivity index (χ1v) is 12.1. The van der Waals surface area contributed by atoms with Crippen molar-refractivity contribution >= 4 is 5.97 Å². The summed E-state index contributed by atoms with van der Waals surface area (Å²) in [5, 5.41) is 0. The van der Waals surface area contributed by atoms with Gasteiger partial charge in [0.2, 0.25) is 0 Å². The molecule has 0 unspecified atom stereocenters. The van der Waals surface area contributed by atoms with Crippen molar-refractivity contribution in [1.82, 2.24) is 0 Å². The van der Waals surface area contributed by atoms with Gasteiger partial charge in [-0.1, -0.05) is 52.0 Å². The SMILES string of the molecule is CCCC1=CC=C(OC(=O)C2CCC(C3CCC(CCC)CC3)CC2)C(F)(F)C1(F)F. The lowest BCUT2D eigenvalue weighted by molar-refractivity contribution is -0.192. The number of carbonyl (C=O) groups excluding carboxylic acids is 1. The summed E-state index contributed by atoms with van der Waals surface area (Å²) in [5.41, 5.74) is -0.617. The molecule has 3 rings (SSSR count). The quantitative estimate of drug-likeness (QED) is 0.295. The predicted molar refractivity (Wildman–Crippen MR) is 113 cm³/mol. The van der Waals surface area contributed by atoms with E-state index in [0.29, 0.717) is 31.1 Å². The number of hydrogen-bond donors (Lipinski definition) is 0. The number of halogens is 4. The zero-order valence-electron chi connectivity index (χ0n) is 18.8. The minimum absolute atomic E-state index is 0.120. The van der Waals surface area contributed by atoms with Gasteiger partial charge in [0.25, 0.3) is 0 Å². The van der Waals surface area contributed by atoms with Crippen molar-refractivity contribution in [2.75, 3.05) is 0 Å². The molecule has 2 fully saturated rings. The normalized spacial score (nSPS) is 32.7. The Bertz CT molecular complexity index is 682. The van der Waals surface area contributed by atoms with E-state index in [1.165, 1.54) is 38.5 Å². The number of carbonyl (C=O) groups is 1. The Balaban J connectivity index is 1.53. The van der Waals surface area contributed by atoms with Crippen molar-refractivity contribution in [3.8, 4) is 0 Å². The molecule has 2 nitrogen and oxygen atoms in total. The highest BCUT2D eigenvalue weighted by molar-refractivity contribution is 5.74. The number of rotatable bonds is 7. The summed E-state index contributed by atoms with van der Waals surface area (Å²) < 4.78 is 62.2. The van der Waals surface area contributed by atoms with Crippen LogP contribution in [0.4, 0.5) is 17.6 Å². The molecule has 6 heteroatoms. The Kier molecular flexibility index (Phi) is 7.90. The summed E-state index contributed by atoms with van der Waals surface area (Å²) >= 11 is 0. The molecule has 0 aromatic carbocycles. The first-order chi connectivity index (χ1) is 14.7. The highest BCUT2D eigenvalue weighted by Gasteiger charge is 2.63. The topological polar surface area (TPSA) is 26.3 Å². The summed E-state index contributed by atoms with van der Waals surface area (Å²) in [4.78, 5) is 12.5. The first-order valence-electron chi connectivity index (χ1n) is 12.1. The molecule has 0 atom stereocenters. The fourth-order valence-corrected chi connectivity index (χ4v) is 5.72. The van der Waals surface area contributed by atoms with E-state index in [9.17, 15) is 22.4 Å². The molecule has 176 valence electrons. The third-order valence-corrected chi connectivity index (χ3v) is 7.63. The van der Waals surface area contributed by atoms with Gasteiger partial charge in [-0.3, -0.25) is 4.79 Å². The van der Waals surface area contributed by atoms with E-state index in [4.69, 9.17) is 4.74 Å². The van der Waals surface area contributed by atoms with Gasteiger partial charge in [0.1, 0.15) is 0 Å². The summed E-state index contributed by atoms with van der Waals surface area (Å²) in [6.07, 6.45) is 12.6. The lowest BCUT2D eigenvalue weighted by atomic mass is 9.69. The fourth-order valence-electron chi connectivity index (χ4n) is 5.72. The highest BCUT2D eigenvalue weighted by Crippen LogP contribution is 2.49. The number of esters is 1. The van der Waals surface area contributed by atoms with E-state index < -0.39 is 35.1 Å². The Morgan fingerprint density at radius 2 is 1.45 bits per heavy atom. The van der Waals surface area contributed by atoms with Gasteiger partial charge in [0.15, 0.2) is 5.76 Å². The molecule has 0 bridgehead atoms. The molecule has 2 saturated carbocycles. The number of alkyl halides is 4. The lowest BCUT2D eigenvalue weighted by Crippen LogP contribution is -2.46. The second-order valence-electron chi connectivity index (χ2n) is 9.72. The molecular formula is C25H36F4O2. The van der Waals surface area contributed by atoms with Gasteiger partial charge >= 0.3 is 17.8 Å². The van der Waals surface area contributed by atoms with E-state index in [0.717, 1.165) is 30.9 Å². The second-order valence-corrected chi connectivity index (χ2v) is 9.72. The average Bonchev–Trinajstić information content (AvgIpc) is 2.75. The molecule has 0 aromatic heterocycles. The molecule has 0 N–H and O–H groups in total. The van der Waals surface area contributed by atoms with Gasteiger partial charge in [-0.05, 0) is 68.8 Å². The highest BCUT2D eigenvalue weighted by atomic mass is 19.3. The van der Waals surface area contributed by atoms with E-state index in [1.807, 2.05) is 0 Å². The van der Waals surface area contributed by atoms with Crippen LogP contribution in [0, 0.1) is 23.7 Å². The molecule has 0 saturated heterocycles. The zero-order chi connectivity index (χ0) is 22.6. The van der Waals surface area contributed by atoms with Crippen LogP contribution in [0.25, 0.3) is 0 Å². The summed E-state index contributed by atoms with van der Waals surface area (Å²) in [7, 11) is 0. The summed E-state index contributed by atoms with van der Waals surface area (Å²) in [5.74, 6) is -9.22. The Morgan fingerprint density at radius 3 is 2.00 bits per heavy atom. The van der Waals surface area contributed by atoms with Crippen LogP contribution in [-0.2, 0) is 9.53 Å². The maximum absolute atomic E-state index is 14.4. The second kappa shape index (κ2) is 10.1. The van der Waals surface area contributed by atoms with Gasteiger partial charge in [0, 0.05) is 5.57 Å². The van der Waals surface area contributed by atoms with Crippen LogP contribution < -0.4 is 0 Å². The Hall–Kier alpha value is -1.33. The number of hydrogen-bond acceptors (Lipinski definition) is 2. The van der Waals surface area contributed by atoms with Crippen molar-refractivity contribution in [2.45, 2.75) is 103 Å². The maximum Gasteiger partial charge on any atom is 0.370 e. The Morgan fingerprint density at radius 1 is 0.871 bits per heavy atom. The third kappa shape index (κ3) is 5.19. The van der Waals surface area contributed by atoms with Crippen molar-refractivity contribution in [3.63, 3.8) is 0 Å². The minimum Gasteiger partial charge on any atom is -0.424 e. The number of allylic oxidation sites excluding steroid dienone is 4. The molecule has 3 aliphatic carbocycles. The van der Waals surface area contributed by atoms with E-state index in [2.05, 4.69) is 6.92 Å². The van der Waals surface area contributed by atoms with Crippen LogP contribution >= 0.6 is 0 Å². The van der Waals surface area contributed by atoms with Crippen LogP contribution in [0.3, 0.4) is 0 Å². The number of ether oxygens (including phenoxy) is 1. The maximum atomic E-state index is 14.4. The van der Waals surface area contributed by atoms with Crippen LogP contribution in [0.1, 0.15) is 90.9 Å². The van der Waals surface area contributed by atoms with E-state index in [1.54, 1.807) is 6.92 Å². The summed E-state index contributed by atoms with van der Waals surface area (Å²) in [6, 6.07) is 0. The lowest BCUT2D eigenvalue weighted by Gasteiger charge is -2.37. The molecular weight excluding hydrogens is 408 g/mol. The molecule has 0 aliphatic heterocycles. The van der Waals surface area contributed by atoms with Gasteiger partial charge in [0.05, 0.1) is 5.92 Å². The van der Waals surface area contributed by atoms with E-state index >= 15 is 0 Å². The van der Waals surface area contributed by atoms with Gasteiger partial charge in [-0.25, -0.2) is 0 Å². The standard InChI is InChI=1S/C25H36F4O2/c1-3-5-17-7-9-18(10-8-17)19-11-13-20(14-12-19)23(30)31-22-16-15-21(6-4-2)24(26,27)25(22,28)29/h15-20H,3-14H2,1-2H3. The average molecular weight is 445 g/mol.